The maximum Gasteiger partial charge on any atom is 0.147 e. The summed E-state index contributed by atoms with van der Waals surface area (Å²) in [5.41, 5.74) is 2.42. The van der Waals surface area contributed by atoms with Crippen LogP contribution < -0.4 is 5.32 Å². The highest BCUT2D eigenvalue weighted by atomic mass is 127. The van der Waals surface area contributed by atoms with Gasteiger partial charge < -0.3 is 9.73 Å². The van der Waals surface area contributed by atoms with Crippen molar-refractivity contribution < 1.29 is 4.42 Å². The van der Waals surface area contributed by atoms with E-state index in [1.165, 1.54) is 14.5 Å². The van der Waals surface area contributed by atoms with Gasteiger partial charge in [-0.3, -0.25) is 0 Å². The Kier molecular flexibility index (Phi) is 4.67. The molecule has 0 aliphatic heterocycles. The van der Waals surface area contributed by atoms with Crippen molar-refractivity contribution in [3.63, 3.8) is 0 Å². The first kappa shape index (κ1) is 13.9. The fourth-order valence-corrected chi connectivity index (χ4v) is 2.76. The smallest absolute Gasteiger partial charge is 0.147 e. The van der Waals surface area contributed by atoms with E-state index in [2.05, 4.69) is 66.9 Å². The largest absolute Gasteiger partial charge is 0.458 e. The zero-order chi connectivity index (χ0) is 13.1. The molecule has 0 bridgehead atoms. The quantitative estimate of drug-likeness (QED) is 0.798. The van der Waals surface area contributed by atoms with E-state index in [1.54, 1.807) is 0 Å². The minimum atomic E-state index is 0.478. The average Bonchev–Trinajstić information content (AvgIpc) is 2.67. The third-order valence-electron chi connectivity index (χ3n) is 3.02. The fourth-order valence-electron chi connectivity index (χ4n) is 2.15. The van der Waals surface area contributed by atoms with E-state index in [4.69, 9.17) is 4.42 Å². The normalized spacial score (nSPS) is 11.6. The Balaban J connectivity index is 2.43. The highest BCUT2D eigenvalue weighted by molar-refractivity contribution is 14.1. The molecule has 98 valence electrons. The molecule has 1 heterocycles. The van der Waals surface area contributed by atoms with Crippen LogP contribution in [0.3, 0.4) is 0 Å². The van der Waals surface area contributed by atoms with Crippen LogP contribution in [0.1, 0.15) is 38.5 Å². The van der Waals surface area contributed by atoms with Crippen molar-refractivity contribution in [2.75, 3.05) is 0 Å². The van der Waals surface area contributed by atoms with Gasteiger partial charge in [-0.25, -0.2) is 0 Å². The monoisotopic (exact) mass is 357 g/mol. The first-order valence-corrected chi connectivity index (χ1v) is 7.63. The molecule has 0 atom stereocenters. The summed E-state index contributed by atoms with van der Waals surface area (Å²) >= 11 is 2.34. The van der Waals surface area contributed by atoms with Crippen molar-refractivity contribution >= 4 is 33.6 Å². The van der Waals surface area contributed by atoms with Gasteiger partial charge in [0.1, 0.15) is 11.3 Å². The summed E-state index contributed by atoms with van der Waals surface area (Å²) in [6, 6.07) is 6.86. The highest BCUT2D eigenvalue weighted by Crippen LogP contribution is 2.30. The molecule has 0 aliphatic carbocycles. The summed E-state index contributed by atoms with van der Waals surface area (Å²) in [6.07, 6.45) is 2.23. The van der Waals surface area contributed by atoms with Crippen LogP contribution in [-0.2, 0) is 13.0 Å². The van der Waals surface area contributed by atoms with Gasteiger partial charge in [-0.15, -0.1) is 0 Å². The Labute approximate surface area is 122 Å². The zero-order valence-corrected chi connectivity index (χ0v) is 13.4. The summed E-state index contributed by atoms with van der Waals surface area (Å²) in [5, 5.41) is 4.73. The molecule has 0 amide bonds. The van der Waals surface area contributed by atoms with Crippen molar-refractivity contribution in [3.8, 4) is 0 Å². The number of hydrogen-bond acceptors (Lipinski definition) is 2. The van der Waals surface area contributed by atoms with Crippen LogP contribution in [0.2, 0.25) is 0 Å². The number of nitrogens with one attached hydrogen (secondary N) is 1. The van der Waals surface area contributed by atoms with Crippen LogP contribution >= 0.6 is 22.6 Å². The molecule has 18 heavy (non-hydrogen) atoms. The number of halogens is 1. The maximum atomic E-state index is 6.06. The first-order valence-electron chi connectivity index (χ1n) is 6.55. The van der Waals surface area contributed by atoms with Gasteiger partial charge in [-0.2, -0.15) is 0 Å². The van der Waals surface area contributed by atoms with E-state index in [-0.39, 0.29) is 0 Å². The van der Waals surface area contributed by atoms with Crippen molar-refractivity contribution in [1.82, 2.24) is 5.32 Å². The molecule has 0 saturated carbocycles. The molecule has 0 radical (unpaired) electrons. The predicted molar refractivity (Wildman–Crippen MR) is 84.9 cm³/mol. The second-order valence-corrected chi connectivity index (χ2v) is 6.07. The van der Waals surface area contributed by atoms with E-state index in [9.17, 15) is 0 Å². The van der Waals surface area contributed by atoms with E-state index in [0.717, 1.165) is 30.7 Å². The van der Waals surface area contributed by atoms with Crippen LogP contribution in [0.4, 0.5) is 0 Å². The molecule has 2 rings (SSSR count). The molecule has 2 aromatic rings. The van der Waals surface area contributed by atoms with Gasteiger partial charge in [0.05, 0.1) is 10.1 Å². The maximum absolute atomic E-state index is 6.06. The molecule has 1 aromatic heterocycles. The molecule has 0 aliphatic rings. The molecule has 2 nitrogen and oxygen atoms in total. The Morgan fingerprint density at radius 2 is 2.11 bits per heavy atom. The molecular weight excluding hydrogens is 337 g/mol. The minimum absolute atomic E-state index is 0.478. The Bertz CT molecular complexity index is 531. The van der Waals surface area contributed by atoms with Crippen LogP contribution in [0.5, 0.6) is 0 Å². The van der Waals surface area contributed by atoms with Gasteiger partial charge in [-0.1, -0.05) is 39.3 Å². The lowest BCUT2D eigenvalue weighted by Gasteiger charge is -2.07. The lowest BCUT2D eigenvalue weighted by Crippen LogP contribution is -2.22. The molecule has 1 N–H and O–H groups in total. The average molecular weight is 357 g/mol. The number of hydrogen-bond donors (Lipinski definition) is 1. The minimum Gasteiger partial charge on any atom is -0.458 e. The molecular formula is C15H20INO. The van der Waals surface area contributed by atoms with Crippen LogP contribution in [-0.4, -0.2) is 6.04 Å². The zero-order valence-electron chi connectivity index (χ0n) is 11.2. The van der Waals surface area contributed by atoms with Gasteiger partial charge in [0.25, 0.3) is 0 Å². The molecule has 3 heteroatoms. The van der Waals surface area contributed by atoms with Crippen molar-refractivity contribution in [3.05, 3.63) is 33.1 Å². The van der Waals surface area contributed by atoms with Crippen molar-refractivity contribution in [2.24, 2.45) is 0 Å². The lowest BCUT2D eigenvalue weighted by molar-refractivity contribution is 0.482. The number of para-hydroxylation sites is 1. The Hall–Kier alpha value is -0.550. The predicted octanol–water partition coefficient (Wildman–Crippen LogP) is 4.49. The first-order chi connectivity index (χ1) is 8.63. The fraction of sp³-hybridized carbons (Fsp3) is 0.467. The third kappa shape index (κ3) is 2.88. The second-order valence-electron chi connectivity index (χ2n) is 4.91. The number of rotatable bonds is 5. The summed E-state index contributed by atoms with van der Waals surface area (Å²) < 4.78 is 7.26. The molecule has 0 unspecified atom stereocenters. The standard InChI is InChI=1S/C15H20INO/c1-4-6-11-12-7-5-8-13(16)15(12)18-14(11)9-17-10(2)3/h5,7-8,10,17H,4,6,9H2,1-3H3. The topological polar surface area (TPSA) is 25.2 Å². The summed E-state index contributed by atoms with van der Waals surface area (Å²) in [6.45, 7) is 7.35. The molecule has 0 saturated heterocycles. The summed E-state index contributed by atoms with van der Waals surface area (Å²) in [7, 11) is 0. The van der Waals surface area contributed by atoms with Gasteiger partial charge in [-0.05, 0) is 35.1 Å². The van der Waals surface area contributed by atoms with E-state index in [0.29, 0.717) is 6.04 Å². The SMILES string of the molecule is CCCc1c(CNC(C)C)oc2c(I)cccc12. The summed E-state index contributed by atoms with van der Waals surface area (Å²) in [4.78, 5) is 0. The van der Waals surface area contributed by atoms with E-state index in [1.807, 2.05) is 0 Å². The van der Waals surface area contributed by atoms with Crippen molar-refractivity contribution in [1.29, 1.82) is 0 Å². The van der Waals surface area contributed by atoms with E-state index < -0.39 is 0 Å². The van der Waals surface area contributed by atoms with E-state index >= 15 is 0 Å². The molecule has 0 fully saturated rings. The highest BCUT2D eigenvalue weighted by Gasteiger charge is 2.15. The number of aryl methyl sites for hydroxylation is 1. The van der Waals surface area contributed by atoms with Gasteiger partial charge in [0.2, 0.25) is 0 Å². The molecule has 1 aromatic carbocycles. The second kappa shape index (κ2) is 6.06. The van der Waals surface area contributed by atoms with Gasteiger partial charge in [0.15, 0.2) is 0 Å². The Morgan fingerprint density at radius 1 is 1.33 bits per heavy atom. The summed E-state index contributed by atoms with van der Waals surface area (Å²) in [5.74, 6) is 1.10. The lowest BCUT2D eigenvalue weighted by atomic mass is 10.1. The molecule has 0 spiro atoms. The van der Waals surface area contributed by atoms with Crippen LogP contribution in [0.25, 0.3) is 11.0 Å². The van der Waals surface area contributed by atoms with Gasteiger partial charge in [0, 0.05) is 17.0 Å². The van der Waals surface area contributed by atoms with Crippen LogP contribution in [0, 0.1) is 3.57 Å². The van der Waals surface area contributed by atoms with Crippen LogP contribution in [0.15, 0.2) is 22.6 Å². The van der Waals surface area contributed by atoms with Gasteiger partial charge >= 0.3 is 0 Å². The number of fused-ring (bicyclic) bond motifs is 1. The Morgan fingerprint density at radius 3 is 2.78 bits per heavy atom. The van der Waals surface area contributed by atoms with Crippen molar-refractivity contribution in [2.45, 2.75) is 46.2 Å². The number of furan rings is 1. The number of benzene rings is 1. The third-order valence-corrected chi connectivity index (χ3v) is 3.87.